The second-order valence-corrected chi connectivity index (χ2v) is 12.2. The van der Waals surface area contributed by atoms with Crippen molar-refractivity contribution in [3.8, 4) is 28.1 Å². The van der Waals surface area contributed by atoms with Crippen molar-refractivity contribution in [2.45, 2.75) is 64.2 Å². The molecule has 0 atom stereocenters. The first kappa shape index (κ1) is 26.7. The molecule has 1 saturated carbocycles. The van der Waals surface area contributed by atoms with Gasteiger partial charge in [0.1, 0.15) is 11.4 Å². The number of alkyl carbamates (subject to hydrolysis) is 1. The van der Waals surface area contributed by atoms with Crippen LogP contribution in [-0.2, 0) is 10.3 Å². The number of fused-ring (bicyclic) bond motifs is 3. The second-order valence-electron chi connectivity index (χ2n) is 12.2. The van der Waals surface area contributed by atoms with Crippen LogP contribution >= 0.6 is 0 Å². The molecule has 0 bridgehead atoms. The summed E-state index contributed by atoms with van der Waals surface area (Å²) in [6, 6.07) is 19.2. The largest absolute Gasteiger partial charge is 0.506 e. The zero-order chi connectivity index (χ0) is 29.2. The SMILES string of the molecule is Cc1cc2ncc3c(O)c(-c4ccccc4)c(-c4ccc(C5(NC(=O)OC(C)(C)C)CC(C)(O)C5)cc4)nc3n2n1. The average molecular weight is 552 g/mol. The van der Waals surface area contributed by atoms with Crippen LogP contribution in [0.2, 0.25) is 0 Å². The van der Waals surface area contributed by atoms with E-state index in [0.29, 0.717) is 40.8 Å². The highest BCUT2D eigenvalue weighted by molar-refractivity contribution is 5.97. The number of carbonyl (C=O) groups excluding carboxylic acids is 1. The van der Waals surface area contributed by atoms with Crippen LogP contribution in [0, 0.1) is 6.92 Å². The van der Waals surface area contributed by atoms with E-state index in [0.717, 1.165) is 22.4 Å². The number of hydrogen-bond donors (Lipinski definition) is 3. The molecule has 9 heteroatoms. The molecule has 0 spiro atoms. The van der Waals surface area contributed by atoms with Crippen molar-refractivity contribution < 1.29 is 19.7 Å². The Bertz CT molecular complexity index is 1780. The molecular weight excluding hydrogens is 518 g/mol. The van der Waals surface area contributed by atoms with Crippen molar-refractivity contribution >= 4 is 22.8 Å². The number of rotatable bonds is 4. The lowest BCUT2D eigenvalue weighted by Gasteiger charge is -2.52. The number of carbonyl (C=O) groups is 1. The third kappa shape index (κ3) is 4.86. The van der Waals surface area contributed by atoms with Gasteiger partial charge < -0.3 is 20.3 Å². The molecule has 0 saturated heterocycles. The Kier molecular flexibility index (Phi) is 6.04. The number of nitrogens with one attached hydrogen (secondary N) is 1. The third-order valence-electron chi connectivity index (χ3n) is 7.41. The number of benzene rings is 2. The first-order valence-electron chi connectivity index (χ1n) is 13.6. The lowest BCUT2D eigenvalue weighted by molar-refractivity contribution is -0.0892. The van der Waals surface area contributed by atoms with Crippen LogP contribution in [0.4, 0.5) is 4.79 Å². The van der Waals surface area contributed by atoms with Crippen LogP contribution in [0.25, 0.3) is 39.1 Å². The predicted molar refractivity (Wildman–Crippen MR) is 156 cm³/mol. The topological polar surface area (TPSA) is 122 Å². The fourth-order valence-electron chi connectivity index (χ4n) is 5.87. The minimum atomic E-state index is -0.902. The van der Waals surface area contributed by atoms with E-state index in [4.69, 9.17) is 9.72 Å². The molecule has 1 fully saturated rings. The van der Waals surface area contributed by atoms with Crippen molar-refractivity contribution in [1.82, 2.24) is 24.9 Å². The third-order valence-corrected chi connectivity index (χ3v) is 7.41. The quantitative estimate of drug-likeness (QED) is 0.255. The van der Waals surface area contributed by atoms with Crippen LogP contribution < -0.4 is 5.32 Å². The van der Waals surface area contributed by atoms with Gasteiger partial charge in [0, 0.05) is 30.7 Å². The van der Waals surface area contributed by atoms with Crippen LogP contribution in [0.3, 0.4) is 0 Å². The summed E-state index contributed by atoms with van der Waals surface area (Å²) in [7, 11) is 0. The maximum absolute atomic E-state index is 12.7. The standard InChI is InChI=1S/C32H33N5O4/c1-19-15-24-33-16-23-27(38)25(20-9-7-6-8-10-20)26(34-28(23)37(24)36-19)21-11-13-22(14-12-21)32(17-31(5,40)18-32)35-29(39)41-30(2,3)4/h6-16,40H,17-18H2,1-5H3,(H,34,38)(H,35,39). The Labute approximate surface area is 237 Å². The van der Waals surface area contributed by atoms with Crippen molar-refractivity contribution in [2.24, 2.45) is 0 Å². The number of nitrogens with zero attached hydrogens (tertiary/aromatic N) is 4. The number of ether oxygens (including phenoxy) is 1. The Hall–Kier alpha value is -4.50. The first-order valence-corrected chi connectivity index (χ1v) is 13.6. The van der Waals surface area contributed by atoms with Crippen LogP contribution in [0.1, 0.15) is 51.8 Å². The molecule has 0 radical (unpaired) electrons. The van der Waals surface area contributed by atoms with Gasteiger partial charge in [-0.25, -0.2) is 14.8 Å². The van der Waals surface area contributed by atoms with Crippen molar-refractivity contribution in [2.75, 3.05) is 0 Å². The van der Waals surface area contributed by atoms with Gasteiger partial charge in [-0.15, -0.1) is 0 Å². The maximum atomic E-state index is 12.7. The van der Waals surface area contributed by atoms with Gasteiger partial charge in [-0.2, -0.15) is 9.61 Å². The molecule has 1 amide bonds. The van der Waals surface area contributed by atoms with Crippen molar-refractivity contribution in [1.29, 1.82) is 0 Å². The molecule has 3 aromatic heterocycles. The van der Waals surface area contributed by atoms with Crippen LogP contribution in [-0.4, -0.2) is 47.1 Å². The Morgan fingerprint density at radius 2 is 1.73 bits per heavy atom. The molecule has 3 N–H and O–H groups in total. The summed E-state index contributed by atoms with van der Waals surface area (Å²) in [6.45, 7) is 9.09. The lowest BCUT2D eigenvalue weighted by atomic mass is 9.62. The number of hydrogen-bond acceptors (Lipinski definition) is 7. The highest BCUT2D eigenvalue weighted by atomic mass is 16.6. The van der Waals surface area contributed by atoms with E-state index in [1.165, 1.54) is 0 Å². The molecule has 6 rings (SSSR count). The van der Waals surface area contributed by atoms with Gasteiger partial charge in [-0.1, -0.05) is 54.6 Å². The summed E-state index contributed by atoms with van der Waals surface area (Å²) >= 11 is 0. The Morgan fingerprint density at radius 1 is 1.05 bits per heavy atom. The molecule has 5 aromatic rings. The van der Waals surface area contributed by atoms with E-state index in [9.17, 15) is 15.0 Å². The van der Waals surface area contributed by atoms with Gasteiger partial charge >= 0.3 is 6.09 Å². The zero-order valence-electron chi connectivity index (χ0n) is 23.8. The number of aliphatic hydroxyl groups is 1. The van der Waals surface area contributed by atoms with Crippen molar-refractivity contribution in [3.63, 3.8) is 0 Å². The summed E-state index contributed by atoms with van der Waals surface area (Å²) in [5.74, 6) is 0.0703. The normalized spacial score (nSPS) is 20.6. The highest BCUT2D eigenvalue weighted by Crippen LogP contribution is 2.49. The van der Waals surface area contributed by atoms with E-state index in [1.54, 1.807) is 17.6 Å². The molecule has 9 nitrogen and oxygen atoms in total. The molecule has 1 aliphatic rings. The number of amides is 1. The van der Waals surface area contributed by atoms with Crippen molar-refractivity contribution in [3.05, 3.63) is 78.1 Å². The van der Waals surface area contributed by atoms with Gasteiger partial charge in [-0.05, 0) is 45.7 Å². The maximum Gasteiger partial charge on any atom is 0.408 e. The van der Waals surface area contributed by atoms with E-state index in [2.05, 4.69) is 15.4 Å². The lowest BCUT2D eigenvalue weighted by Crippen LogP contribution is -2.62. The number of aromatic nitrogens is 4. The number of pyridine rings is 1. The van der Waals surface area contributed by atoms with Gasteiger partial charge in [-0.3, -0.25) is 0 Å². The van der Waals surface area contributed by atoms with E-state index in [-0.39, 0.29) is 5.75 Å². The average Bonchev–Trinajstić information content (AvgIpc) is 3.27. The molecule has 41 heavy (non-hydrogen) atoms. The fourth-order valence-corrected chi connectivity index (χ4v) is 5.87. The predicted octanol–water partition coefficient (Wildman–Crippen LogP) is 5.89. The zero-order valence-corrected chi connectivity index (χ0v) is 23.8. The summed E-state index contributed by atoms with van der Waals surface area (Å²) in [5, 5.41) is 30.3. The van der Waals surface area contributed by atoms with E-state index in [1.807, 2.05) is 88.4 Å². The molecular formula is C32H33N5O4. The van der Waals surface area contributed by atoms with Gasteiger partial charge in [0.05, 0.1) is 33.5 Å². The minimum Gasteiger partial charge on any atom is -0.506 e. The second kappa shape index (κ2) is 9.27. The summed E-state index contributed by atoms with van der Waals surface area (Å²) < 4.78 is 7.17. The van der Waals surface area contributed by atoms with Crippen LogP contribution in [0.5, 0.6) is 5.75 Å². The molecule has 1 aliphatic carbocycles. The fraction of sp³-hybridized carbons (Fsp3) is 0.312. The van der Waals surface area contributed by atoms with E-state index < -0.39 is 22.8 Å². The highest BCUT2D eigenvalue weighted by Gasteiger charge is 2.53. The van der Waals surface area contributed by atoms with Gasteiger partial charge in [0.15, 0.2) is 11.3 Å². The summed E-state index contributed by atoms with van der Waals surface area (Å²) in [5.41, 5.74) is 3.23. The Morgan fingerprint density at radius 3 is 2.37 bits per heavy atom. The molecule has 2 aromatic carbocycles. The first-order chi connectivity index (χ1) is 19.3. The molecule has 3 heterocycles. The Balaban J connectivity index is 1.47. The minimum absolute atomic E-state index is 0.0703. The monoisotopic (exact) mass is 551 g/mol. The van der Waals surface area contributed by atoms with Crippen LogP contribution in [0.15, 0.2) is 66.9 Å². The van der Waals surface area contributed by atoms with E-state index >= 15 is 0 Å². The molecule has 210 valence electrons. The summed E-state index contributed by atoms with van der Waals surface area (Å²) in [4.78, 5) is 22.3. The molecule has 0 unspecified atom stereocenters. The smallest absolute Gasteiger partial charge is 0.408 e. The number of aryl methyl sites for hydroxylation is 1. The van der Waals surface area contributed by atoms with Gasteiger partial charge in [0.2, 0.25) is 0 Å². The molecule has 0 aliphatic heterocycles. The van der Waals surface area contributed by atoms with Gasteiger partial charge in [0.25, 0.3) is 0 Å². The number of aromatic hydroxyl groups is 1. The summed E-state index contributed by atoms with van der Waals surface area (Å²) in [6.07, 6.45) is 1.80.